The summed E-state index contributed by atoms with van der Waals surface area (Å²) < 4.78 is 15.9. The predicted molar refractivity (Wildman–Crippen MR) is 34.4 cm³/mol. The van der Waals surface area contributed by atoms with Gasteiger partial charge in [-0.25, -0.2) is 0 Å². The van der Waals surface area contributed by atoms with Gasteiger partial charge in [0, 0.05) is 0 Å². The van der Waals surface area contributed by atoms with Crippen LogP contribution in [0.2, 0.25) is 0 Å². The largest absolute Gasteiger partial charge is 0.393 e. The van der Waals surface area contributed by atoms with Crippen LogP contribution >= 0.6 is 0 Å². The lowest BCUT2D eigenvalue weighted by molar-refractivity contribution is 0.0433. The van der Waals surface area contributed by atoms with Gasteiger partial charge in [-0.15, -0.1) is 0 Å². The summed E-state index contributed by atoms with van der Waals surface area (Å²) >= 11 is 0. The van der Waals surface area contributed by atoms with E-state index in [1.54, 1.807) is 0 Å². The highest BCUT2D eigenvalue weighted by atomic mass is 32.2. The first-order valence-corrected chi connectivity index (χ1v) is 4.25. The predicted octanol–water partition coefficient (Wildman–Crippen LogP) is -0.528. The van der Waals surface area contributed by atoms with Crippen molar-refractivity contribution < 1.29 is 14.1 Å². The third-order valence-electron chi connectivity index (χ3n) is 1.23. The van der Waals surface area contributed by atoms with E-state index in [-0.39, 0.29) is 12.7 Å². The summed E-state index contributed by atoms with van der Waals surface area (Å²) in [5.74, 6) is 0.561. The van der Waals surface area contributed by atoms with E-state index in [9.17, 15) is 4.21 Å². The Balaban J connectivity index is 2.48. The van der Waals surface area contributed by atoms with Crippen LogP contribution in [0.15, 0.2) is 0 Å². The molecule has 9 heavy (non-hydrogen) atoms. The Bertz CT molecular complexity index is 125. The van der Waals surface area contributed by atoms with Crippen LogP contribution < -0.4 is 0 Å². The maximum absolute atomic E-state index is 10.8. The van der Waals surface area contributed by atoms with Crippen LogP contribution in [-0.4, -0.2) is 33.2 Å². The third-order valence-corrected chi connectivity index (χ3v) is 2.87. The van der Waals surface area contributed by atoms with E-state index in [2.05, 4.69) is 0 Å². The zero-order valence-electron chi connectivity index (χ0n) is 5.24. The average molecular weight is 150 g/mol. The number of aliphatic hydroxyl groups excluding tert-OH is 1. The van der Waals surface area contributed by atoms with Crippen LogP contribution in [0.1, 0.15) is 6.92 Å². The maximum Gasteiger partial charge on any atom is 0.155 e. The van der Waals surface area contributed by atoms with E-state index < -0.39 is 16.2 Å². The van der Waals surface area contributed by atoms with Gasteiger partial charge in [-0.3, -0.25) is 4.21 Å². The van der Waals surface area contributed by atoms with Crippen LogP contribution in [0, 0.1) is 0 Å². The van der Waals surface area contributed by atoms with Gasteiger partial charge >= 0.3 is 0 Å². The summed E-state index contributed by atoms with van der Waals surface area (Å²) in [5.41, 5.74) is -0.431. The van der Waals surface area contributed by atoms with Crippen LogP contribution in [0.25, 0.3) is 0 Å². The van der Waals surface area contributed by atoms with E-state index in [1.807, 2.05) is 6.92 Å². The highest BCUT2D eigenvalue weighted by Gasteiger charge is 2.28. The molecule has 54 valence electrons. The second-order valence-electron chi connectivity index (χ2n) is 2.11. The van der Waals surface area contributed by atoms with E-state index in [0.29, 0.717) is 5.75 Å². The lowest BCUT2D eigenvalue weighted by atomic mass is 10.5. The molecule has 4 heteroatoms. The zero-order chi connectivity index (χ0) is 6.85. The van der Waals surface area contributed by atoms with Gasteiger partial charge < -0.3 is 9.84 Å². The SMILES string of the molecule is CC1CS(=O)C(CO)O1. The monoisotopic (exact) mass is 150 g/mol. The molecule has 0 aromatic rings. The van der Waals surface area contributed by atoms with Crippen LogP contribution in [0.4, 0.5) is 0 Å². The molecule has 0 spiro atoms. The fourth-order valence-corrected chi connectivity index (χ4v) is 2.06. The summed E-state index contributed by atoms with van der Waals surface area (Å²) in [6, 6.07) is 0. The molecule has 3 atom stereocenters. The molecule has 3 nitrogen and oxygen atoms in total. The third kappa shape index (κ3) is 1.50. The molecule has 3 unspecified atom stereocenters. The molecule has 1 saturated heterocycles. The fourth-order valence-electron chi connectivity index (χ4n) is 0.825. The van der Waals surface area contributed by atoms with E-state index in [4.69, 9.17) is 9.84 Å². The van der Waals surface area contributed by atoms with Gasteiger partial charge in [0.25, 0.3) is 0 Å². The molecule has 1 aliphatic heterocycles. The minimum Gasteiger partial charge on any atom is -0.393 e. The molecule has 1 aliphatic rings. The van der Waals surface area contributed by atoms with Crippen molar-refractivity contribution in [3.8, 4) is 0 Å². The molecular formula is C5H10O3S. The van der Waals surface area contributed by atoms with Gasteiger partial charge in [-0.2, -0.15) is 0 Å². The highest BCUT2D eigenvalue weighted by molar-refractivity contribution is 7.85. The highest BCUT2D eigenvalue weighted by Crippen LogP contribution is 2.13. The van der Waals surface area contributed by atoms with Crippen molar-refractivity contribution in [2.75, 3.05) is 12.4 Å². The van der Waals surface area contributed by atoms with Gasteiger partial charge in [0.2, 0.25) is 0 Å². The Morgan fingerprint density at radius 2 is 2.56 bits per heavy atom. The second kappa shape index (κ2) is 2.77. The van der Waals surface area contributed by atoms with E-state index >= 15 is 0 Å². The molecule has 0 aromatic heterocycles. The molecule has 0 saturated carbocycles. The molecule has 0 radical (unpaired) electrons. The molecule has 1 N–H and O–H groups in total. The zero-order valence-corrected chi connectivity index (χ0v) is 6.06. The minimum absolute atomic E-state index is 0.0444. The molecule has 0 amide bonds. The summed E-state index contributed by atoms with van der Waals surface area (Å²) in [7, 11) is -0.963. The number of hydrogen-bond donors (Lipinski definition) is 1. The van der Waals surface area contributed by atoms with Crippen molar-refractivity contribution in [2.24, 2.45) is 0 Å². The number of rotatable bonds is 1. The molecular weight excluding hydrogens is 140 g/mol. The first-order valence-electron chi connectivity index (χ1n) is 2.87. The Hall–Kier alpha value is 0.0700. The van der Waals surface area contributed by atoms with Crippen molar-refractivity contribution in [1.82, 2.24) is 0 Å². The Morgan fingerprint density at radius 1 is 1.89 bits per heavy atom. The first-order chi connectivity index (χ1) is 4.24. The van der Waals surface area contributed by atoms with Gasteiger partial charge in [-0.1, -0.05) is 0 Å². The van der Waals surface area contributed by atoms with E-state index in [0.717, 1.165) is 0 Å². The van der Waals surface area contributed by atoms with Crippen LogP contribution in [-0.2, 0) is 15.5 Å². The number of aliphatic hydroxyl groups is 1. The average Bonchev–Trinajstić information content (AvgIpc) is 2.10. The lowest BCUT2D eigenvalue weighted by Gasteiger charge is -2.03. The van der Waals surface area contributed by atoms with Crippen molar-refractivity contribution in [1.29, 1.82) is 0 Å². The van der Waals surface area contributed by atoms with Gasteiger partial charge in [0.05, 0.1) is 29.3 Å². The summed E-state index contributed by atoms with van der Waals surface area (Å²) in [6.45, 7) is 1.73. The van der Waals surface area contributed by atoms with E-state index in [1.165, 1.54) is 0 Å². The van der Waals surface area contributed by atoms with Crippen molar-refractivity contribution in [3.05, 3.63) is 0 Å². The minimum atomic E-state index is -0.963. The standard InChI is InChI=1S/C5H10O3S/c1-4-3-9(7)5(2-6)8-4/h4-6H,2-3H2,1H3. The molecule has 1 rings (SSSR count). The molecule has 0 bridgehead atoms. The Kier molecular flexibility index (Phi) is 2.21. The van der Waals surface area contributed by atoms with Gasteiger partial charge in [-0.05, 0) is 6.92 Å². The normalized spacial score (nSPS) is 43.6. The number of ether oxygens (including phenoxy) is 1. The summed E-state index contributed by atoms with van der Waals surface area (Å²) in [5, 5.41) is 8.54. The van der Waals surface area contributed by atoms with Crippen molar-refractivity contribution in [2.45, 2.75) is 18.5 Å². The number of hydrogen-bond acceptors (Lipinski definition) is 3. The van der Waals surface area contributed by atoms with Gasteiger partial charge in [0.1, 0.15) is 0 Å². The van der Waals surface area contributed by atoms with Crippen LogP contribution in [0.3, 0.4) is 0 Å². The topological polar surface area (TPSA) is 46.5 Å². The molecule has 1 fully saturated rings. The van der Waals surface area contributed by atoms with Gasteiger partial charge in [0.15, 0.2) is 5.44 Å². The molecule has 0 aliphatic carbocycles. The fraction of sp³-hybridized carbons (Fsp3) is 1.00. The summed E-state index contributed by atoms with van der Waals surface area (Å²) in [4.78, 5) is 0. The Labute approximate surface area is 56.5 Å². The quantitative estimate of drug-likeness (QED) is 0.546. The van der Waals surface area contributed by atoms with Crippen LogP contribution in [0.5, 0.6) is 0 Å². The lowest BCUT2D eigenvalue weighted by Crippen LogP contribution is -2.15. The molecule has 1 heterocycles. The first kappa shape index (κ1) is 7.18. The van der Waals surface area contributed by atoms with Crippen molar-refractivity contribution >= 4 is 10.8 Å². The second-order valence-corrected chi connectivity index (χ2v) is 3.73. The molecule has 0 aromatic carbocycles. The maximum atomic E-state index is 10.8. The Morgan fingerprint density at radius 3 is 2.78 bits per heavy atom. The van der Waals surface area contributed by atoms with Crippen molar-refractivity contribution in [3.63, 3.8) is 0 Å². The smallest absolute Gasteiger partial charge is 0.155 e. The summed E-state index contributed by atoms with van der Waals surface area (Å²) in [6.07, 6.45) is 0.0444.